The number of hydrogen-bond acceptors (Lipinski definition) is 4. The Hall–Kier alpha value is -2.31. The van der Waals surface area contributed by atoms with Gasteiger partial charge in [0, 0.05) is 13.2 Å². The quantitative estimate of drug-likeness (QED) is 0.116. The lowest BCUT2D eigenvalue weighted by Crippen LogP contribution is -2.16. The largest absolute Gasteiger partial charge is 0.423 e. The predicted octanol–water partition coefficient (Wildman–Crippen LogP) is 8.51. The van der Waals surface area contributed by atoms with E-state index < -0.39 is 18.3 Å². The summed E-state index contributed by atoms with van der Waals surface area (Å²) in [5, 5.41) is 0. The van der Waals surface area contributed by atoms with Gasteiger partial charge in [-0.3, -0.25) is 0 Å². The Balaban J connectivity index is 1.83. The third-order valence-corrected chi connectivity index (χ3v) is 6.24. The van der Waals surface area contributed by atoms with Crippen LogP contribution in [0.2, 0.25) is 0 Å². The SMILES string of the molecule is CCCCCCCCO[C@H](C)c1ccc(C(=O)Oc2ccc([C@H](COCCCC)C(F)F)cc2)cc1. The topological polar surface area (TPSA) is 44.8 Å². The molecule has 0 aliphatic rings. The molecule has 200 valence electrons. The minimum absolute atomic E-state index is 0.0375. The predicted molar refractivity (Wildman–Crippen MR) is 140 cm³/mol. The molecule has 2 aromatic carbocycles. The molecule has 0 amide bonds. The Morgan fingerprint density at radius 2 is 1.39 bits per heavy atom. The van der Waals surface area contributed by atoms with Crippen molar-refractivity contribution in [3.05, 3.63) is 65.2 Å². The number of benzene rings is 2. The molecule has 0 aliphatic heterocycles. The summed E-state index contributed by atoms with van der Waals surface area (Å²) in [6, 6.07) is 13.4. The van der Waals surface area contributed by atoms with Crippen LogP contribution in [0.5, 0.6) is 5.75 Å². The van der Waals surface area contributed by atoms with E-state index >= 15 is 0 Å². The first-order valence-corrected chi connectivity index (χ1v) is 13.4. The maximum absolute atomic E-state index is 13.5. The van der Waals surface area contributed by atoms with E-state index in [0.717, 1.165) is 31.4 Å². The summed E-state index contributed by atoms with van der Waals surface area (Å²) in [4.78, 5) is 12.6. The molecule has 0 saturated carbocycles. The van der Waals surface area contributed by atoms with Crippen molar-refractivity contribution >= 4 is 5.97 Å². The van der Waals surface area contributed by atoms with Gasteiger partial charge in [-0.25, -0.2) is 13.6 Å². The molecule has 0 radical (unpaired) electrons. The first kappa shape index (κ1) is 29.9. The molecule has 4 nitrogen and oxygen atoms in total. The minimum atomic E-state index is -2.53. The minimum Gasteiger partial charge on any atom is -0.423 e. The molecule has 0 fully saturated rings. The third kappa shape index (κ3) is 10.8. The fourth-order valence-electron chi connectivity index (χ4n) is 3.85. The fourth-order valence-corrected chi connectivity index (χ4v) is 3.85. The third-order valence-electron chi connectivity index (χ3n) is 6.24. The highest BCUT2D eigenvalue weighted by Crippen LogP contribution is 2.26. The van der Waals surface area contributed by atoms with Crippen LogP contribution in [-0.2, 0) is 9.47 Å². The van der Waals surface area contributed by atoms with Crippen LogP contribution in [0.25, 0.3) is 0 Å². The summed E-state index contributed by atoms with van der Waals surface area (Å²) < 4.78 is 43.7. The summed E-state index contributed by atoms with van der Waals surface area (Å²) in [5.41, 5.74) is 1.88. The van der Waals surface area contributed by atoms with Gasteiger partial charge in [0.1, 0.15) is 5.75 Å². The molecule has 2 atom stereocenters. The van der Waals surface area contributed by atoms with Crippen molar-refractivity contribution in [2.45, 2.75) is 90.6 Å². The number of unbranched alkanes of at least 4 members (excludes halogenated alkanes) is 6. The zero-order valence-electron chi connectivity index (χ0n) is 22.0. The summed E-state index contributed by atoms with van der Waals surface area (Å²) in [5.74, 6) is -1.20. The van der Waals surface area contributed by atoms with E-state index in [-0.39, 0.29) is 12.7 Å². The molecule has 0 saturated heterocycles. The van der Waals surface area contributed by atoms with Crippen LogP contribution in [0.1, 0.15) is 106 Å². The Kier molecular flexibility index (Phi) is 14.3. The number of ether oxygens (including phenoxy) is 3. The van der Waals surface area contributed by atoms with Gasteiger partial charge in [-0.1, -0.05) is 76.6 Å². The molecule has 0 heterocycles. The Bertz CT molecular complexity index is 852. The highest BCUT2D eigenvalue weighted by Gasteiger charge is 2.23. The Labute approximate surface area is 215 Å². The lowest BCUT2D eigenvalue weighted by Gasteiger charge is -2.17. The first-order valence-electron chi connectivity index (χ1n) is 13.4. The van der Waals surface area contributed by atoms with E-state index in [9.17, 15) is 13.6 Å². The summed E-state index contributed by atoms with van der Waals surface area (Å²) in [6.07, 6.45) is 6.55. The number of hydrogen-bond donors (Lipinski definition) is 0. The molecule has 2 rings (SSSR count). The van der Waals surface area contributed by atoms with E-state index in [1.54, 1.807) is 36.4 Å². The standard InChI is InChI=1S/C30H42F2O4/c1-4-6-8-9-10-11-21-35-23(3)24-12-14-26(15-13-24)30(33)36-27-18-16-25(17-19-27)28(29(31)32)22-34-20-7-5-2/h12-19,23,28-29H,4-11,20-22H2,1-3H3/t23-,28+/m1/s1. The maximum atomic E-state index is 13.5. The molecule has 0 aromatic heterocycles. The summed E-state index contributed by atoms with van der Waals surface area (Å²) in [6.45, 7) is 7.41. The van der Waals surface area contributed by atoms with Crippen LogP contribution < -0.4 is 4.74 Å². The molecule has 0 N–H and O–H groups in total. The monoisotopic (exact) mass is 504 g/mol. The lowest BCUT2D eigenvalue weighted by molar-refractivity contribution is 0.0425. The van der Waals surface area contributed by atoms with Crippen molar-refractivity contribution in [1.82, 2.24) is 0 Å². The average Bonchev–Trinajstić information content (AvgIpc) is 2.88. The van der Waals surface area contributed by atoms with Crippen molar-refractivity contribution in [2.75, 3.05) is 19.8 Å². The van der Waals surface area contributed by atoms with E-state index in [0.29, 0.717) is 23.5 Å². The Morgan fingerprint density at radius 3 is 2.03 bits per heavy atom. The van der Waals surface area contributed by atoms with Crippen LogP contribution in [0.15, 0.2) is 48.5 Å². The second kappa shape index (κ2) is 17.2. The molecule has 6 heteroatoms. The first-order chi connectivity index (χ1) is 17.5. The van der Waals surface area contributed by atoms with Crippen LogP contribution in [-0.4, -0.2) is 32.2 Å². The maximum Gasteiger partial charge on any atom is 0.343 e. The van der Waals surface area contributed by atoms with Crippen LogP contribution >= 0.6 is 0 Å². The van der Waals surface area contributed by atoms with Gasteiger partial charge in [0.25, 0.3) is 0 Å². The molecule has 0 spiro atoms. The number of rotatable bonds is 18. The molecule has 36 heavy (non-hydrogen) atoms. The zero-order valence-corrected chi connectivity index (χ0v) is 22.0. The summed E-state index contributed by atoms with van der Waals surface area (Å²) in [7, 11) is 0. The molecule has 2 aromatic rings. The summed E-state index contributed by atoms with van der Waals surface area (Å²) >= 11 is 0. The highest BCUT2D eigenvalue weighted by atomic mass is 19.3. The van der Waals surface area contributed by atoms with E-state index in [2.05, 4.69) is 6.92 Å². The Morgan fingerprint density at radius 1 is 0.778 bits per heavy atom. The van der Waals surface area contributed by atoms with Gasteiger partial charge < -0.3 is 14.2 Å². The van der Waals surface area contributed by atoms with Crippen LogP contribution in [0.4, 0.5) is 8.78 Å². The molecule has 0 aliphatic carbocycles. The number of carbonyl (C=O) groups is 1. The number of carbonyl (C=O) groups excluding carboxylic acids is 1. The van der Waals surface area contributed by atoms with Gasteiger partial charge in [0.05, 0.1) is 24.2 Å². The van der Waals surface area contributed by atoms with E-state index in [1.807, 2.05) is 26.0 Å². The molecule has 0 bridgehead atoms. The molecule has 0 unspecified atom stereocenters. The van der Waals surface area contributed by atoms with Gasteiger partial charge in [-0.2, -0.15) is 0 Å². The van der Waals surface area contributed by atoms with Gasteiger partial charge in [0.2, 0.25) is 6.43 Å². The van der Waals surface area contributed by atoms with Gasteiger partial charge in [-0.05, 0) is 55.2 Å². The van der Waals surface area contributed by atoms with Crippen molar-refractivity contribution in [1.29, 1.82) is 0 Å². The molecular formula is C30H42F2O4. The van der Waals surface area contributed by atoms with Crippen molar-refractivity contribution < 1.29 is 27.8 Å². The smallest absolute Gasteiger partial charge is 0.343 e. The second-order valence-corrected chi connectivity index (χ2v) is 9.23. The number of esters is 1. The van der Waals surface area contributed by atoms with Gasteiger partial charge in [0.15, 0.2) is 0 Å². The van der Waals surface area contributed by atoms with E-state index in [4.69, 9.17) is 14.2 Å². The van der Waals surface area contributed by atoms with Gasteiger partial charge in [-0.15, -0.1) is 0 Å². The van der Waals surface area contributed by atoms with Crippen LogP contribution in [0.3, 0.4) is 0 Å². The van der Waals surface area contributed by atoms with E-state index in [1.165, 1.54) is 32.1 Å². The average molecular weight is 505 g/mol. The normalized spacial score (nSPS) is 13.1. The highest BCUT2D eigenvalue weighted by molar-refractivity contribution is 5.91. The van der Waals surface area contributed by atoms with Gasteiger partial charge >= 0.3 is 5.97 Å². The zero-order chi connectivity index (χ0) is 26.2. The van der Waals surface area contributed by atoms with Crippen molar-refractivity contribution in [2.24, 2.45) is 0 Å². The second-order valence-electron chi connectivity index (χ2n) is 9.23. The lowest BCUT2D eigenvalue weighted by atomic mass is 10.0. The molecular weight excluding hydrogens is 462 g/mol. The van der Waals surface area contributed by atoms with Crippen molar-refractivity contribution in [3.63, 3.8) is 0 Å². The number of alkyl halides is 2. The van der Waals surface area contributed by atoms with Crippen LogP contribution in [0, 0.1) is 0 Å². The van der Waals surface area contributed by atoms with Crippen molar-refractivity contribution in [3.8, 4) is 5.75 Å². The fraction of sp³-hybridized carbons (Fsp3) is 0.567. The number of halogens is 2.